The fourth-order valence-corrected chi connectivity index (χ4v) is 4.05. The van der Waals surface area contributed by atoms with Gasteiger partial charge in [0.1, 0.15) is 17.3 Å². The predicted octanol–water partition coefficient (Wildman–Crippen LogP) is 1.82. The van der Waals surface area contributed by atoms with Crippen LogP contribution in [0, 0.1) is 0 Å². The second-order valence-electron chi connectivity index (χ2n) is 8.21. The summed E-state index contributed by atoms with van der Waals surface area (Å²) >= 11 is 0. The van der Waals surface area contributed by atoms with Gasteiger partial charge in [0.05, 0.1) is 19.2 Å². The van der Waals surface area contributed by atoms with Crippen LogP contribution in [0.2, 0.25) is 0 Å². The van der Waals surface area contributed by atoms with E-state index in [-0.39, 0.29) is 24.9 Å². The number of rotatable bonds is 8. The molecule has 1 aromatic heterocycles. The number of imide groups is 1. The monoisotopic (exact) mass is 418 g/mol. The maximum Gasteiger partial charge on any atom is 0.322 e. The van der Waals surface area contributed by atoms with Gasteiger partial charge in [0, 0.05) is 6.04 Å². The molecule has 1 aromatic rings. The Bertz CT molecular complexity index is 787. The molecule has 5 amide bonds. The molecule has 9 heteroatoms. The average Bonchev–Trinajstić information content (AvgIpc) is 3.35. The molecule has 0 radical (unpaired) electrons. The number of nitrogens with zero attached hydrogens (tertiary/aromatic N) is 1. The Balaban J connectivity index is 1.80. The van der Waals surface area contributed by atoms with Crippen molar-refractivity contribution in [2.75, 3.05) is 0 Å². The zero-order valence-corrected chi connectivity index (χ0v) is 17.5. The standard InChI is InChI=1S/C21H30N4O5/c1-3-21(2,19(28)22-14-8-5-4-6-9-14)25(13-15-10-7-11-30-15)17(26)12-16-18(27)24-20(29)23-16/h7,10-11,14,16H,3-6,8-9,12-13H2,1-2H3,(H,22,28)(H2,23,24,27,29)/t16-,21-/m0/s1. The summed E-state index contributed by atoms with van der Waals surface area (Å²) in [6.07, 6.45) is 6.88. The van der Waals surface area contributed by atoms with Gasteiger partial charge < -0.3 is 20.0 Å². The zero-order valence-electron chi connectivity index (χ0n) is 17.5. The number of urea groups is 1. The molecule has 30 heavy (non-hydrogen) atoms. The van der Waals surface area contributed by atoms with Gasteiger partial charge in [-0.05, 0) is 38.3 Å². The molecule has 1 aliphatic heterocycles. The first kappa shape index (κ1) is 21.9. The third-order valence-corrected chi connectivity index (χ3v) is 6.15. The molecule has 0 spiro atoms. The van der Waals surface area contributed by atoms with Crippen molar-refractivity contribution >= 4 is 23.8 Å². The lowest BCUT2D eigenvalue weighted by Crippen LogP contribution is -2.60. The molecule has 2 heterocycles. The smallest absolute Gasteiger partial charge is 0.322 e. The Morgan fingerprint density at radius 3 is 2.57 bits per heavy atom. The summed E-state index contributed by atoms with van der Waals surface area (Å²) < 4.78 is 5.42. The van der Waals surface area contributed by atoms with Crippen molar-refractivity contribution in [3.8, 4) is 0 Å². The number of furan rings is 1. The van der Waals surface area contributed by atoms with Gasteiger partial charge in [-0.3, -0.25) is 19.7 Å². The van der Waals surface area contributed by atoms with E-state index >= 15 is 0 Å². The van der Waals surface area contributed by atoms with E-state index in [0.717, 1.165) is 25.7 Å². The summed E-state index contributed by atoms with van der Waals surface area (Å²) in [6.45, 7) is 3.68. The van der Waals surface area contributed by atoms with Crippen LogP contribution in [-0.2, 0) is 20.9 Å². The molecule has 164 valence electrons. The van der Waals surface area contributed by atoms with Crippen LogP contribution in [0.25, 0.3) is 0 Å². The highest BCUT2D eigenvalue weighted by molar-refractivity contribution is 6.06. The van der Waals surface area contributed by atoms with Crippen molar-refractivity contribution in [1.82, 2.24) is 20.9 Å². The molecule has 0 bridgehead atoms. The van der Waals surface area contributed by atoms with E-state index in [9.17, 15) is 19.2 Å². The van der Waals surface area contributed by atoms with Gasteiger partial charge in [-0.2, -0.15) is 0 Å². The lowest BCUT2D eigenvalue weighted by molar-refractivity contribution is -0.149. The van der Waals surface area contributed by atoms with Crippen LogP contribution in [0.4, 0.5) is 4.79 Å². The normalized spacial score (nSPS) is 21.5. The predicted molar refractivity (Wildman–Crippen MR) is 108 cm³/mol. The molecule has 2 aliphatic rings. The summed E-state index contributed by atoms with van der Waals surface area (Å²) in [7, 11) is 0. The van der Waals surface area contributed by atoms with Crippen LogP contribution in [0.1, 0.15) is 64.6 Å². The first-order valence-electron chi connectivity index (χ1n) is 10.6. The topological polar surface area (TPSA) is 121 Å². The summed E-state index contributed by atoms with van der Waals surface area (Å²) in [6, 6.07) is 1.99. The highest BCUT2D eigenvalue weighted by Crippen LogP contribution is 2.26. The van der Waals surface area contributed by atoms with E-state index < -0.39 is 29.4 Å². The molecular weight excluding hydrogens is 388 g/mol. The maximum absolute atomic E-state index is 13.3. The molecule has 2 fully saturated rings. The third kappa shape index (κ3) is 4.83. The van der Waals surface area contributed by atoms with Crippen molar-refractivity contribution in [3.05, 3.63) is 24.2 Å². The summed E-state index contributed by atoms with van der Waals surface area (Å²) in [4.78, 5) is 51.3. The SMILES string of the molecule is CC[C@@](C)(C(=O)NC1CCCCC1)N(Cc1ccco1)C(=O)C[C@@H]1NC(=O)NC1=O. The van der Waals surface area contributed by atoms with Gasteiger partial charge in [-0.15, -0.1) is 0 Å². The minimum absolute atomic E-state index is 0.0938. The average molecular weight is 418 g/mol. The highest BCUT2D eigenvalue weighted by Gasteiger charge is 2.43. The van der Waals surface area contributed by atoms with Gasteiger partial charge >= 0.3 is 6.03 Å². The molecule has 3 N–H and O–H groups in total. The highest BCUT2D eigenvalue weighted by atomic mass is 16.3. The molecule has 1 aliphatic carbocycles. The minimum atomic E-state index is -1.12. The molecule has 3 rings (SSSR count). The van der Waals surface area contributed by atoms with Gasteiger partial charge in [-0.1, -0.05) is 26.2 Å². The van der Waals surface area contributed by atoms with E-state index in [1.165, 1.54) is 17.6 Å². The molecule has 0 unspecified atom stereocenters. The van der Waals surface area contributed by atoms with Crippen molar-refractivity contribution < 1.29 is 23.6 Å². The first-order valence-corrected chi connectivity index (χ1v) is 10.6. The Morgan fingerprint density at radius 2 is 2.00 bits per heavy atom. The molecule has 2 atom stereocenters. The summed E-state index contributed by atoms with van der Waals surface area (Å²) in [5.41, 5.74) is -1.12. The first-order chi connectivity index (χ1) is 14.3. The van der Waals surface area contributed by atoms with Crippen LogP contribution >= 0.6 is 0 Å². The van der Waals surface area contributed by atoms with E-state index in [2.05, 4.69) is 16.0 Å². The number of carbonyl (C=O) groups excluding carboxylic acids is 4. The van der Waals surface area contributed by atoms with Crippen LogP contribution in [0.5, 0.6) is 0 Å². The van der Waals surface area contributed by atoms with Crippen LogP contribution in [0.15, 0.2) is 22.8 Å². The van der Waals surface area contributed by atoms with Gasteiger partial charge in [0.2, 0.25) is 11.8 Å². The number of hydrogen-bond acceptors (Lipinski definition) is 5. The summed E-state index contributed by atoms with van der Waals surface area (Å²) in [5, 5.41) is 7.69. The van der Waals surface area contributed by atoms with E-state index in [0.29, 0.717) is 12.2 Å². The Morgan fingerprint density at radius 1 is 1.27 bits per heavy atom. The molecule has 0 aromatic carbocycles. The molecular formula is C21H30N4O5. The fraction of sp³-hybridized carbons (Fsp3) is 0.619. The van der Waals surface area contributed by atoms with Crippen molar-refractivity contribution in [3.63, 3.8) is 0 Å². The van der Waals surface area contributed by atoms with Crippen molar-refractivity contribution in [2.45, 2.75) is 83.0 Å². The lowest BCUT2D eigenvalue weighted by atomic mass is 9.90. The molecule has 9 nitrogen and oxygen atoms in total. The Labute approximate surface area is 175 Å². The quantitative estimate of drug-likeness (QED) is 0.556. The lowest BCUT2D eigenvalue weighted by Gasteiger charge is -2.40. The Hall–Kier alpha value is -2.84. The van der Waals surface area contributed by atoms with Gasteiger partial charge in [-0.25, -0.2) is 4.79 Å². The third-order valence-electron chi connectivity index (χ3n) is 6.15. The number of nitrogens with one attached hydrogen (secondary N) is 3. The fourth-order valence-electron chi connectivity index (χ4n) is 4.05. The summed E-state index contributed by atoms with van der Waals surface area (Å²) in [5.74, 6) is -0.627. The molecule has 1 saturated carbocycles. The molecule has 1 saturated heterocycles. The zero-order chi connectivity index (χ0) is 21.7. The van der Waals surface area contributed by atoms with Crippen molar-refractivity contribution in [2.24, 2.45) is 0 Å². The number of hydrogen-bond donors (Lipinski definition) is 3. The number of amides is 5. The maximum atomic E-state index is 13.3. The second kappa shape index (κ2) is 9.32. The van der Waals surface area contributed by atoms with E-state index in [1.54, 1.807) is 19.1 Å². The van der Waals surface area contributed by atoms with E-state index in [1.807, 2.05) is 6.92 Å². The van der Waals surface area contributed by atoms with E-state index in [4.69, 9.17) is 4.42 Å². The van der Waals surface area contributed by atoms with Gasteiger partial charge in [0.15, 0.2) is 0 Å². The second-order valence-corrected chi connectivity index (χ2v) is 8.21. The van der Waals surface area contributed by atoms with Crippen LogP contribution in [0.3, 0.4) is 0 Å². The number of carbonyl (C=O) groups is 4. The van der Waals surface area contributed by atoms with Gasteiger partial charge in [0.25, 0.3) is 5.91 Å². The van der Waals surface area contributed by atoms with Crippen molar-refractivity contribution in [1.29, 1.82) is 0 Å². The minimum Gasteiger partial charge on any atom is -0.467 e. The van der Waals surface area contributed by atoms with Crippen LogP contribution in [-0.4, -0.2) is 46.3 Å². The Kier molecular flexibility index (Phi) is 6.79. The largest absolute Gasteiger partial charge is 0.467 e. The van der Waals surface area contributed by atoms with Crippen LogP contribution < -0.4 is 16.0 Å².